The van der Waals surface area contributed by atoms with Crippen LogP contribution in [0.1, 0.15) is 112 Å². The Morgan fingerprint density at radius 1 is 0.975 bits per heavy atom. The molecule has 3 aliphatic carbocycles. The van der Waals surface area contributed by atoms with Crippen LogP contribution in [0.2, 0.25) is 18.1 Å². The first kappa shape index (κ1) is 32.1. The first-order valence-corrected chi connectivity index (χ1v) is 19.6. The summed E-state index contributed by atoms with van der Waals surface area (Å²) in [6, 6.07) is 0. The maximum atomic E-state index is 11.1. The largest absolute Gasteiger partial charge is 0.417 e. The molecule has 40 heavy (non-hydrogen) atoms. The predicted molar refractivity (Wildman–Crippen MR) is 170 cm³/mol. The van der Waals surface area contributed by atoms with E-state index in [1.165, 1.54) is 56.3 Å². The van der Waals surface area contributed by atoms with Crippen molar-refractivity contribution < 1.29 is 9.53 Å². The van der Waals surface area contributed by atoms with Gasteiger partial charge in [0.15, 0.2) is 8.32 Å². The number of hydrogen-bond acceptors (Lipinski definition) is 4. The third kappa shape index (κ3) is 6.13. The van der Waals surface area contributed by atoms with Crippen LogP contribution in [0.5, 0.6) is 0 Å². The van der Waals surface area contributed by atoms with E-state index in [1.54, 1.807) is 0 Å². The van der Waals surface area contributed by atoms with Crippen LogP contribution in [0.3, 0.4) is 0 Å². The van der Waals surface area contributed by atoms with Gasteiger partial charge in [-0.2, -0.15) is 0 Å². The Hall–Kier alpha value is -0.783. The number of aliphatic hydroxyl groups excluding tert-OH is 1. The van der Waals surface area contributed by atoms with Crippen LogP contribution in [0.15, 0.2) is 12.4 Å². The van der Waals surface area contributed by atoms with Gasteiger partial charge in [-0.3, -0.25) is 9.97 Å². The van der Waals surface area contributed by atoms with Crippen molar-refractivity contribution in [2.75, 3.05) is 13.2 Å². The highest BCUT2D eigenvalue weighted by atomic mass is 28.4. The maximum absolute atomic E-state index is 11.1. The van der Waals surface area contributed by atoms with Crippen molar-refractivity contribution >= 4 is 8.32 Å². The average Bonchev–Trinajstić information content (AvgIpc) is 3.23. The van der Waals surface area contributed by atoms with Crippen molar-refractivity contribution in [3.05, 3.63) is 23.8 Å². The first-order chi connectivity index (χ1) is 18.6. The standard InChI is InChI=1S/C35H62N2O2Si/c1-24(2)12-11-13-25(3)28-14-15-29-27(22-38)30(16-17-34(28,29)7)35(8)21-32-31(36-18-19-37-32)20-26(35)23-39-40(9,10)33(4,5)6/h18-19,24-30,38H,11-17,20-23H2,1-10H3/t25-,26-,27+,28-,29+,30+,34-,35+/m1/s1. The van der Waals surface area contributed by atoms with E-state index in [0.29, 0.717) is 35.7 Å². The van der Waals surface area contributed by atoms with Crippen LogP contribution in [0.4, 0.5) is 0 Å². The lowest BCUT2D eigenvalue weighted by molar-refractivity contribution is -0.0937. The van der Waals surface area contributed by atoms with Gasteiger partial charge < -0.3 is 9.53 Å². The number of nitrogens with zero attached hydrogens (tertiary/aromatic N) is 2. The van der Waals surface area contributed by atoms with Gasteiger partial charge in [-0.15, -0.1) is 0 Å². The van der Waals surface area contributed by atoms with Crippen molar-refractivity contribution in [2.24, 2.45) is 52.3 Å². The van der Waals surface area contributed by atoms with Gasteiger partial charge in [0.25, 0.3) is 0 Å². The summed E-state index contributed by atoms with van der Waals surface area (Å²) in [6.07, 6.45) is 14.8. The number of fused-ring (bicyclic) bond motifs is 2. The van der Waals surface area contributed by atoms with Crippen LogP contribution in [-0.2, 0) is 17.3 Å². The summed E-state index contributed by atoms with van der Waals surface area (Å²) in [6.45, 7) is 25.3. The molecule has 3 aliphatic rings. The minimum atomic E-state index is -1.88. The Bertz CT molecular complexity index is 990. The van der Waals surface area contributed by atoms with E-state index in [1.807, 2.05) is 12.4 Å². The Labute approximate surface area is 248 Å². The highest BCUT2D eigenvalue weighted by Crippen LogP contribution is 2.65. The minimum absolute atomic E-state index is 0.0566. The lowest BCUT2D eigenvalue weighted by atomic mass is 9.48. The number of aromatic nitrogens is 2. The van der Waals surface area contributed by atoms with Crippen LogP contribution in [0.25, 0.3) is 0 Å². The molecule has 0 saturated heterocycles. The fourth-order valence-corrected chi connectivity index (χ4v) is 10.3. The van der Waals surface area contributed by atoms with Crippen molar-refractivity contribution in [2.45, 2.75) is 131 Å². The second-order valence-corrected chi connectivity index (χ2v) is 21.5. The van der Waals surface area contributed by atoms with Gasteiger partial charge in [-0.25, -0.2) is 0 Å². The Morgan fingerprint density at radius 2 is 1.62 bits per heavy atom. The maximum Gasteiger partial charge on any atom is 0.191 e. The molecule has 228 valence electrons. The monoisotopic (exact) mass is 570 g/mol. The summed E-state index contributed by atoms with van der Waals surface area (Å²) >= 11 is 0. The van der Waals surface area contributed by atoms with Gasteiger partial charge in [0, 0.05) is 25.6 Å². The van der Waals surface area contributed by atoms with Gasteiger partial charge in [0.05, 0.1) is 11.4 Å². The number of aliphatic hydroxyl groups is 1. The molecule has 4 nitrogen and oxygen atoms in total. The highest BCUT2D eigenvalue weighted by Gasteiger charge is 2.59. The second kappa shape index (κ2) is 12.1. The molecule has 0 radical (unpaired) electrons. The van der Waals surface area contributed by atoms with Gasteiger partial charge in [0.1, 0.15) is 0 Å². The molecule has 8 atom stereocenters. The summed E-state index contributed by atoms with van der Waals surface area (Å²) in [5.74, 6) is 4.26. The predicted octanol–water partition coefficient (Wildman–Crippen LogP) is 8.73. The summed E-state index contributed by atoms with van der Waals surface area (Å²) in [5, 5.41) is 11.3. The van der Waals surface area contributed by atoms with Gasteiger partial charge in [0.2, 0.25) is 0 Å². The van der Waals surface area contributed by atoms with E-state index >= 15 is 0 Å². The van der Waals surface area contributed by atoms with E-state index in [-0.39, 0.29) is 10.5 Å². The lowest BCUT2D eigenvalue weighted by Crippen LogP contribution is -2.54. The van der Waals surface area contributed by atoms with E-state index in [0.717, 1.165) is 37.2 Å². The molecular formula is C35H62N2O2Si. The van der Waals surface area contributed by atoms with Crippen LogP contribution in [0, 0.1) is 52.3 Å². The van der Waals surface area contributed by atoms with E-state index in [2.05, 4.69) is 68.5 Å². The molecule has 0 bridgehead atoms. The molecule has 5 heteroatoms. The molecule has 1 aromatic heterocycles. The molecule has 0 unspecified atom stereocenters. The van der Waals surface area contributed by atoms with Gasteiger partial charge in [-0.05, 0) is 109 Å². The molecule has 0 aliphatic heterocycles. The zero-order valence-corrected chi connectivity index (χ0v) is 28.7. The Morgan fingerprint density at radius 3 is 2.25 bits per heavy atom. The molecule has 2 saturated carbocycles. The summed E-state index contributed by atoms with van der Waals surface area (Å²) < 4.78 is 6.94. The second-order valence-electron chi connectivity index (χ2n) is 16.7. The SMILES string of the molecule is CC(C)CCC[C@@H](C)[C@H]1CC[C@H]2[C@H](CO)[C@@H]([C@@]3(C)Cc4nccnc4C[C@@H]3CO[Si](C)(C)C(C)(C)C)CC[C@]12C. The molecule has 1 N–H and O–H groups in total. The fourth-order valence-electron chi connectivity index (χ4n) is 9.28. The lowest BCUT2D eigenvalue weighted by Gasteiger charge is -2.57. The zero-order valence-electron chi connectivity index (χ0n) is 27.7. The van der Waals surface area contributed by atoms with Crippen LogP contribution < -0.4 is 0 Å². The Kier molecular flexibility index (Phi) is 9.70. The third-order valence-corrected chi connectivity index (χ3v) is 17.4. The molecule has 2 fully saturated rings. The van der Waals surface area contributed by atoms with Crippen molar-refractivity contribution in [1.29, 1.82) is 0 Å². The van der Waals surface area contributed by atoms with Crippen LogP contribution in [-0.4, -0.2) is 36.6 Å². The highest BCUT2D eigenvalue weighted by molar-refractivity contribution is 6.74. The quantitative estimate of drug-likeness (QED) is 0.286. The third-order valence-electron chi connectivity index (χ3n) is 12.9. The summed E-state index contributed by atoms with van der Waals surface area (Å²) in [5.41, 5.74) is 2.76. The summed E-state index contributed by atoms with van der Waals surface area (Å²) in [4.78, 5) is 9.63. The molecule has 1 aromatic rings. The van der Waals surface area contributed by atoms with Crippen molar-refractivity contribution in [3.8, 4) is 0 Å². The average molecular weight is 571 g/mol. The van der Waals surface area contributed by atoms with E-state index in [4.69, 9.17) is 14.4 Å². The molecule has 4 rings (SSSR count). The molecule has 1 heterocycles. The number of rotatable bonds is 10. The molecule has 0 aromatic carbocycles. The van der Waals surface area contributed by atoms with E-state index in [9.17, 15) is 5.11 Å². The molecule has 0 amide bonds. The van der Waals surface area contributed by atoms with Gasteiger partial charge in [-0.1, -0.05) is 74.7 Å². The number of hydrogen-bond donors (Lipinski definition) is 1. The Balaban J connectivity index is 1.59. The normalized spacial score (nSPS) is 35.5. The van der Waals surface area contributed by atoms with Crippen LogP contribution >= 0.6 is 0 Å². The van der Waals surface area contributed by atoms with E-state index < -0.39 is 8.32 Å². The van der Waals surface area contributed by atoms with Crippen molar-refractivity contribution in [1.82, 2.24) is 9.97 Å². The smallest absolute Gasteiger partial charge is 0.191 e. The van der Waals surface area contributed by atoms with Gasteiger partial charge >= 0.3 is 0 Å². The zero-order chi connectivity index (χ0) is 29.5. The minimum Gasteiger partial charge on any atom is -0.417 e. The molecular weight excluding hydrogens is 508 g/mol. The van der Waals surface area contributed by atoms with Crippen molar-refractivity contribution in [3.63, 3.8) is 0 Å². The summed E-state index contributed by atoms with van der Waals surface area (Å²) in [7, 11) is -1.88. The topological polar surface area (TPSA) is 55.2 Å². The first-order valence-electron chi connectivity index (χ1n) is 16.7. The fraction of sp³-hybridized carbons (Fsp3) is 0.886. The molecule has 0 spiro atoms.